The molecule has 0 aliphatic carbocycles. The quantitative estimate of drug-likeness (QED) is 0.793. The van der Waals surface area contributed by atoms with Gasteiger partial charge in [-0.2, -0.15) is 0 Å². The first-order chi connectivity index (χ1) is 6.92. The molecule has 2 nitrogen and oxygen atoms in total. The number of hydrogen-bond acceptors (Lipinski definition) is 2. The van der Waals surface area contributed by atoms with Gasteiger partial charge < -0.3 is 10.4 Å². The standard InChI is InChI=1S/C13H21NO/c1-10(2)14-9-13(4,15)12-7-5-11(3)6-8-12/h5-8,10,14-15H,9H2,1-4H3/t13-/m1/s1. The van der Waals surface area contributed by atoms with Gasteiger partial charge in [0.15, 0.2) is 0 Å². The van der Waals surface area contributed by atoms with E-state index in [1.165, 1.54) is 5.56 Å². The van der Waals surface area contributed by atoms with Crippen LogP contribution in [0, 0.1) is 6.92 Å². The van der Waals surface area contributed by atoms with Gasteiger partial charge in [0, 0.05) is 12.6 Å². The maximum atomic E-state index is 10.3. The minimum atomic E-state index is -0.794. The van der Waals surface area contributed by atoms with Crippen molar-refractivity contribution in [1.29, 1.82) is 0 Å². The van der Waals surface area contributed by atoms with Crippen LogP contribution in [0.3, 0.4) is 0 Å². The summed E-state index contributed by atoms with van der Waals surface area (Å²) >= 11 is 0. The van der Waals surface area contributed by atoms with Crippen LogP contribution in [0.4, 0.5) is 0 Å². The monoisotopic (exact) mass is 207 g/mol. The molecule has 0 aliphatic heterocycles. The van der Waals surface area contributed by atoms with E-state index in [4.69, 9.17) is 0 Å². The van der Waals surface area contributed by atoms with Crippen LogP contribution in [0.5, 0.6) is 0 Å². The maximum absolute atomic E-state index is 10.3. The number of nitrogens with one attached hydrogen (secondary N) is 1. The van der Waals surface area contributed by atoms with E-state index in [-0.39, 0.29) is 0 Å². The molecular formula is C13H21NO. The number of aliphatic hydroxyl groups is 1. The highest BCUT2D eigenvalue weighted by molar-refractivity contribution is 5.26. The van der Waals surface area contributed by atoms with Crippen LogP contribution in [0.1, 0.15) is 31.9 Å². The molecule has 0 bridgehead atoms. The molecule has 1 aromatic rings. The molecule has 0 spiro atoms. The van der Waals surface area contributed by atoms with E-state index in [1.54, 1.807) is 0 Å². The van der Waals surface area contributed by atoms with Gasteiger partial charge in [-0.25, -0.2) is 0 Å². The van der Waals surface area contributed by atoms with Crippen molar-refractivity contribution < 1.29 is 5.11 Å². The van der Waals surface area contributed by atoms with E-state index in [1.807, 2.05) is 38.1 Å². The fourth-order valence-electron chi connectivity index (χ4n) is 1.42. The summed E-state index contributed by atoms with van der Waals surface area (Å²) < 4.78 is 0. The number of aryl methyl sites for hydroxylation is 1. The summed E-state index contributed by atoms with van der Waals surface area (Å²) in [5.74, 6) is 0. The fourth-order valence-corrected chi connectivity index (χ4v) is 1.42. The van der Waals surface area contributed by atoms with E-state index < -0.39 is 5.60 Å². The lowest BCUT2D eigenvalue weighted by atomic mass is 9.95. The van der Waals surface area contributed by atoms with Gasteiger partial charge >= 0.3 is 0 Å². The second-order valence-corrected chi connectivity index (χ2v) is 4.68. The summed E-state index contributed by atoms with van der Waals surface area (Å²) in [5, 5.41) is 13.5. The Labute approximate surface area is 92.3 Å². The Morgan fingerprint density at radius 2 is 1.80 bits per heavy atom. The third-order valence-corrected chi connectivity index (χ3v) is 2.53. The van der Waals surface area contributed by atoms with Crippen LogP contribution >= 0.6 is 0 Å². The highest BCUT2D eigenvalue weighted by Gasteiger charge is 2.22. The summed E-state index contributed by atoms with van der Waals surface area (Å²) in [6, 6.07) is 8.41. The zero-order valence-electron chi connectivity index (χ0n) is 10.0. The Morgan fingerprint density at radius 3 is 2.27 bits per heavy atom. The largest absolute Gasteiger partial charge is 0.384 e. The van der Waals surface area contributed by atoms with Crippen molar-refractivity contribution in [3.05, 3.63) is 35.4 Å². The molecule has 0 unspecified atom stereocenters. The van der Waals surface area contributed by atoms with Crippen molar-refractivity contribution in [2.45, 2.75) is 39.3 Å². The summed E-state index contributed by atoms with van der Waals surface area (Å²) in [7, 11) is 0. The van der Waals surface area contributed by atoms with Gasteiger partial charge in [0.2, 0.25) is 0 Å². The Morgan fingerprint density at radius 1 is 1.27 bits per heavy atom. The van der Waals surface area contributed by atoms with Crippen molar-refractivity contribution in [3.63, 3.8) is 0 Å². The highest BCUT2D eigenvalue weighted by atomic mass is 16.3. The van der Waals surface area contributed by atoms with Crippen LogP contribution in [-0.2, 0) is 5.60 Å². The normalized spacial score (nSPS) is 15.3. The SMILES string of the molecule is Cc1ccc([C@](C)(O)CNC(C)C)cc1. The average Bonchev–Trinajstić information content (AvgIpc) is 2.16. The molecule has 0 aliphatic rings. The number of hydrogen-bond donors (Lipinski definition) is 2. The predicted octanol–water partition coefficient (Wildman–Crippen LogP) is 2.20. The first-order valence-electron chi connectivity index (χ1n) is 5.45. The zero-order valence-corrected chi connectivity index (χ0v) is 10.0. The molecular weight excluding hydrogens is 186 g/mol. The summed E-state index contributed by atoms with van der Waals surface area (Å²) in [6.45, 7) is 8.61. The minimum Gasteiger partial charge on any atom is -0.384 e. The van der Waals surface area contributed by atoms with Gasteiger partial charge in [-0.15, -0.1) is 0 Å². The third kappa shape index (κ3) is 3.65. The second kappa shape index (κ2) is 4.77. The summed E-state index contributed by atoms with van der Waals surface area (Å²) in [4.78, 5) is 0. The summed E-state index contributed by atoms with van der Waals surface area (Å²) in [5.41, 5.74) is 1.38. The van der Waals surface area contributed by atoms with Crippen molar-refractivity contribution in [3.8, 4) is 0 Å². The van der Waals surface area contributed by atoms with E-state index in [2.05, 4.69) is 19.2 Å². The molecule has 1 aromatic carbocycles. The smallest absolute Gasteiger partial charge is 0.0992 e. The Hall–Kier alpha value is -0.860. The van der Waals surface area contributed by atoms with Gasteiger partial charge in [0.05, 0.1) is 5.60 Å². The molecule has 15 heavy (non-hydrogen) atoms. The molecule has 0 aromatic heterocycles. The van der Waals surface area contributed by atoms with Crippen LogP contribution in [0.15, 0.2) is 24.3 Å². The first kappa shape index (κ1) is 12.2. The summed E-state index contributed by atoms with van der Waals surface area (Å²) in [6.07, 6.45) is 0. The Kier molecular flexibility index (Phi) is 3.89. The Bertz CT molecular complexity index is 301. The third-order valence-electron chi connectivity index (χ3n) is 2.53. The molecule has 0 saturated heterocycles. The minimum absolute atomic E-state index is 0.391. The zero-order chi connectivity index (χ0) is 11.5. The van der Waals surface area contributed by atoms with Crippen LogP contribution in [-0.4, -0.2) is 17.7 Å². The molecule has 1 atom stereocenters. The van der Waals surface area contributed by atoms with Crippen molar-refractivity contribution in [2.75, 3.05) is 6.54 Å². The maximum Gasteiger partial charge on any atom is 0.0992 e. The topological polar surface area (TPSA) is 32.3 Å². The lowest BCUT2D eigenvalue weighted by molar-refractivity contribution is 0.0549. The number of rotatable bonds is 4. The van der Waals surface area contributed by atoms with E-state index in [0.29, 0.717) is 12.6 Å². The van der Waals surface area contributed by atoms with Gasteiger partial charge in [0.1, 0.15) is 0 Å². The Balaban J connectivity index is 2.72. The fraction of sp³-hybridized carbons (Fsp3) is 0.538. The lowest BCUT2D eigenvalue weighted by Crippen LogP contribution is -2.38. The van der Waals surface area contributed by atoms with Gasteiger partial charge in [-0.3, -0.25) is 0 Å². The second-order valence-electron chi connectivity index (χ2n) is 4.68. The molecule has 0 radical (unpaired) electrons. The van der Waals surface area contributed by atoms with Crippen molar-refractivity contribution in [1.82, 2.24) is 5.32 Å². The van der Waals surface area contributed by atoms with E-state index >= 15 is 0 Å². The van der Waals surface area contributed by atoms with E-state index in [9.17, 15) is 5.11 Å². The predicted molar refractivity (Wildman–Crippen MR) is 63.9 cm³/mol. The molecule has 0 saturated carbocycles. The molecule has 1 rings (SSSR count). The van der Waals surface area contributed by atoms with Gasteiger partial charge in [-0.05, 0) is 19.4 Å². The van der Waals surface area contributed by atoms with Crippen LogP contribution < -0.4 is 5.32 Å². The van der Waals surface area contributed by atoms with Crippen LogP contribution in [0.25, 0.3) is 0 Å². The molecule has 0 heterocycles. The molecule has 84 valence electrons. The molecule has 0 fully saturated rings. The van der Waals surface area contributed by atoms with Crippen molar-refractivity contribution >= 4 is 0 Å². The van der Waals surface area contributed by atoms with E-state index in [0.717, 1.165) is 5.56 Å². The van der Waals surface area contributed by atoms with Crippen LogP contribution in [0.2, 0.25) is 0 Å². The van der Waals surface area contributed by atoms with Gasteiger partial charge in [0.25, 0.3) is 0 Å². The van der Waals surface area contributed by atoms with Crippen molar-refractivity contribution in [2.24, 2.45) is 0 Å². The molecule has 2 N–H and O–H groups in total. The highest BCUT2D eigenvalue weighted by Crippen LogP contribution is 2.20. The first-order valence-corrected chi connectivity index (χ1v) is 5.45. The lowest BCUT2D eigenvalue weighted by Gasteiger charge is -2.25. The molecule has 0 amide bonds. The number of benzene rings is 1. The van der Waals surface area contributed by atoms with Gasteiger partial charge in [-0.1, -0.05) is 43.7 Å². The molecule has 2 heteroatoms. The average molecular weight is 207 g/mol.